The number of nitrogens with zero attached hydrogens (tertiary/aromatic N) is 3. The van der Waals surface area contributed by atoms with Crippen molar-refractivity contribution in [2.24, 2.45) is 0 Å². The number of halogens is 2. The highest BCUT2D eigenvalue weighted by molar-refractivity contribution is 9.10. The van der Waals surface area contributed by atoms with Gasteiger partial charge in [0.2, 0.25) is 5.28 Å². The number of hydrogen-bond donors (Lipinski definition) is 0. The van der Waals surface area contributed by atoms with Gasteiger partial charge >= 0.3 is 6.01 Å². The maximum absolute atomic E-state index is 5.87. The van der Waals surface area contributed by atoms with E-state index in [0.717, 1.165) is 9.37 Å². The van der Waals surface area contributed by atoms with Crippen LogP contribution in [0, 0.1) is 0 Å². The van der Waals surface area contributed by atoms with Crippen molar-refractivity contribution >= 4 is 39.3 Å². The molecule has 0 fully saturated rings. The summed E-state index contributed by atoms with van der Waals surface area (Å²) >= 11 is 10.7. The second-order valence-electron chi connectivity index (χ2n) is 3.90. The van der Waals surface area contributed by atoms with Gasteiger partial charge in [-0.1, -0.05) is 22.0 Å². The molecule has 2 rings (SSSR count). The molecular weight excluding hydrogens is 350 g/mol. The summed E-state index contributed by atoms with van der Waals surface area (Å²) in [6, 6.07) is 8.09. The molecule has 4 nitrogen and oxygen atoms in total. The van der Waals surface area contributed by atoms with Crippen LogP contribution in [0.2, 0.25) is 5.28 Å². The first-order valence-electron chi connectivity index (χ1n) is 5.54. The third kappa shape index (κ3) is 4.63. The van der Waals surface area contributed by atoms with Gasteiger partial charge in [-0.3, -0.25) is 0 Å². The predicted octanol–water partition coefficient (Wildman–Crippen LogP) is 4.23. The molecule has 0 saturated heterocycles. The van der Waals surface area contributed by atoms with Gasteiger partial charge in [0.25, 0.3) is 0 Å². The summed E-state index contributed by atoms with van der Waals surface area (Å²) < 4.78 is 6.42. The highest BCUT2D eigenvalue weighted by atomic mass is 79.9. The molecule has 0 aliphatic rings. The van der Waals surface area contributed by atoms with Gasteiger partial charge in [-0.25, -0.2) is 0 Å². The van der Waals surface area contributed by atoms with Crippen molar-refractivity contribution in [3.8, 4) is 6.01 Å². The normalized spacial score (nSPS) is 10.8. The quantitative estimate of drug-likeness (QED) is 0.816. The molecule has 0 amide bonds. The zero-order chi connectivity index (χ0) is 13.8. The van der Waals surface area contributed by atoms with Gasteiger partial charge in [-0.2, -0.15) is 15.0 Å². The fourth-order valence-corrected chi connectivity index (χ4v) is 2.81. The Labute approximate surface area is 129 Å². The van der Waals surface area contributed by atoms with Gasteiger partial charge in [0.1, 0.15) is 0 Å². The van der Waals surface area contributed by atoms with Crippen molar-refractivity contribution in [3.63, 3.8) is 0 Å². The number of ether oxygens (including phenoxy) is 1. The summed E-state index contributed by atoms with van der Waals surface area (Å²) in [4.78, 5) is 13.2. The molecule has 0 atom stereocenters. The Morgan fingerprint density at radius 3 is 2.74 bits per heavy atom. The lowest BCUT2D eigenvalue weighted by Crippen LogP contribution is -2.09. The smallest absolute Gasteiger partial charge is 0.322 e. The molecule has 7 heteroatoms. The molecule has 100 valence electrons. The van der Waals surface area contributed by atoms with Crippen LogP contribution in [0.5, 0.6) is 6.01 Å². The SMILES string of the molecule is CC(C)Oc1nc(Cl)nc(Sc2cccc(Br)c2)n1. The molecule has 2 aromatic rings. The van der Waals surface area contributed by atoms with E-state index in [-0.39, 0.29) is 17.4 Å². The van der Waals surface area contributed by atoms with Crippen molar-refractivity contribution in [1.29, 1.82) is 0 Å². The van der Waals surface area contributed by atoms with Gasteiger partial charge in [-0.05, 0) is 55.4 Å². The van der Waals surface area contributed by atoms with Gasteiger partial charge in [0, 0.05) is 9.37 Å². The van der Waals surface area contributed by atoms with Crippen LogP contribution >= 0.6 is 39.3 Å². The molecule has 0 saturated carbocycles. The molecule has 0 aliphatic carbocycles. The number of rotatable bonds is 4. The Kier molecular flexibility index (Phi) is 5.01. The first kappa shape index (κ1) is 14.6. The average Bonchev–Trinajstić information content (AvgIpc) is 2.26. The Morgan fingerprint density at radius 2 is 2.05 bits per heavy atom. The lowest BCUT2D eigenvalue weighted by Gasteiger charge is -2.08. The summed E-state index contributed by atoms with van der Waals surface area (Å²) in [6.45, 7) is 3.80. The van der Waals surface area contributed by atoms with Crippen LogP contribution in [0.15, 0.2) is 38.8 Å². The Balaban J connectivity index is 2.22. The van der Waals surface area contributed by atoms with Crippen LogP contribution in [-0.2, 0) is 0 Å². The van der Waals surface area contributed by atoms with Crippen molar-refractivity contribution in [2.45, 2.75) is 30.0 Å². The lowest BCUT2D eigenvalue weighted by atomic mass is 10.4. The van der Waals surface area contributed by atoms with Crippen LogP contribution in [0.4, 0.5) is 0 Å². The van der Waals surface area contributed by atoms with E-state index in [1.165, 1.54) is 11.8 Å². The molecule has 0 spiro atoms. The molecule has 0 unspecified atom stereocenters. The van der Waals surface area contributed by atoms with Crippen molar-refractivity contribution in [1.82, 2.24) is 15.0 Å². The minimum absolute atomic E-state index is 0.0119. The molecule has 0 bridgehead atoms. The van der Waals surface area contributed by atoms with E-state index in [1.807, 2.05) is 38.1 Å². The first-order chi connectivity index (χ1) is 9.02. The number of benzene rings is 1. The lowest BCUT2D eigenvalue weighted by molar-refractivity contribution is 0.219. The summed E-state index contributed by atoms with van der Waals surface area (Å²) in [5.41, 5.74) is 0. The predicted molar refractivity (Wildman–Crippen MR) is 78.9 cm³/mol. The van der Waals surface area contributed by atoms with E-state index in [0.29, 0.717) is 5.16 Å². The second kappa shape index (κ2) is 6.54. The Bertz CT molecular complexity index is 583. The second-order valence-corrected chi connectivity index (χ2v) is 6.19. The summed E-state index contributed by atoms with van der Waals surface area (Å²) in [7, 11) is 0. The van der Waals surface area contributed by atoms with Crippen molar-refractivity contribution in [2.75, 3.05) is 0 Å². The summed E-state index contributed by atoms with van der Waals surface area (Å²) in [6.07, 6.45) is -0.0119. The third-order valence-electron chi connectivity index (χ3n) is 1.91. The van der Waals surface area contributed by atoms with E-state index in [2.05, 4.69) is 30.9 Å². The topological polar surface area (TPSA) is 47.9 Å². The van der Waals surface area contributed by atoms with Crippen molar-refractivity contribution in [3.05, 3.63) is 34.0 Å². The first-order valence-corrected chi connectivity index (χ1v) is 7.53. The molecular formula is C12H11BrClN3OS. The highest BCUT2D eigenvalue weighted by Gasteiger charge is 2.09. The third-order valence-corrected chi connectivity index (χ3v) is 3.43. The average molecular weight is 361 g/mol. The Morgan fingerprint density at radius 1 is 1.26 bits per heavy atom. The van der Waals surface area contributed by atoms with E-state index in [9.17, 15) is 0 Å². The standard InChI is InChI=1S/C12H11BrClN3OS/c1-7(2)18-11-15-10(14)16-12(17-11)19-9-5-3-4-8(13)6-9/h3-7H,1-2H3. The Hall–Kier alpha value is -0.850. The summed E-state index contributed by atoms with van der Waals surface area (Å²) in [5.74, 6) is 0. The zero-order valence-corrected chi connectivity index (χ0v) is 13.5. The van der Waals surface area contributed by atoms with Crippen LogP contribution in [-0.4, -0.2) is 21.1 Å². The van der Waals surface area contributed by atoms with Gasteiger partial charge < -0.3 is 4.74 Å². The highest BCUT2D eigenvalue weighted by Crippen LogP contribution is 2.28. The molecule has 0 radical (unpaired) electrons. The van der Waals surface area contributed by atoms with Crippen molar-refractivity contribution < 1.29 is 4.74 Å². The van der Waals surface area contributed by atoms with E-state index in [4.69, 9.17) is 16.3 Å². The zero-order valence-electron chi connectivity index (χ0n) is 10.3. The fraction of sp³-hybridized carbons (Fsp3) is 0.250. The molecule has 1 heterocycles. The minimum Gasteiger partial charge on any atom is -0.461 e. The molecule has 19 heavy (non-hydrogen) atoms. The maximum atomic E-state index is 5.87. The van der Waals surface area contributed by atoms with E-state index in [1.54, 1.807) is 0 Å². The van der Waals surface area contributed by atoms with Crippen LogP contribution in [0.3, 0.4) is 0 Å². The van der Waals surface area contributed by atoms with Gasteiger partial charge in [0.05, 0.1) is 6.10 Å². The fourth-order valence-electron chi connectivity index (χ4n) is 1.26. The number of hydrogen-bond acceptors (Lipinski definition) is 5. The van der Waals surface area contributed by atoms with Crippen LogP contribution in [0.25, 0.3) is 0 Å². The molecule has 1 aromatic heterocycles. The van der Waals surface area contributed by atoms with Crippen LogP contribution in [0.1, 0.15) is 13.8 Å². The van der Waals surface area contributed by atoms with Crippen LogP contribution < -0.4 is 4.74 Å². The van der Waals surface area contributed by atoms with E-state index >= 15 is 0 Å². The van der Waals surface area contributed by atoms with Gasteiger partial charge in [-0.15, -0.1) is 0 Å². The maximum Gasteiger partial charge on any atom is 0.322 e. The largest absolute Gasteiger partial charge is 0.461 e. The molecule has 1 aromatic carbocycles. The van der Waals surface area contributed by atoms with Gasteiger partial charge in [0.15, 0.2) is 5.16 Å². The molecule has 0 N–H and O–H groups in total. The monoisotopic (exact) mass is 359 g/mol. The minimum atomic E-state index is -0.0119. The van der Waals surface area contributed by atoms with E-state index < -0.39 is 0 Å². The molecule has 0 aliphatic heterocycles. The summed E-state index contributed by atoms with van der Waals surface area (Å²) in [5, 5.41) is 0.636. The number of aromatic nitrogens is 3.